The number of ether oxygens (including phenoxy) is 2. The van der Waals surface area contributed by atoms with E-state index in [4.69, 9.17) is 22.1 Å². The van der Waals surface area contributed by atoms with Gasteiger partial charge in [-0.05, 0) is 83.4 Å². The Morgan fingerprint density at radius 3 is 2.41 bits per heavy atom. The smallest absolute Gasteiger partial charge is 0.302 e. The first-order chi connectivity index (χ1) is 15.0. The van der Waals surface area contributed by atoms with E-state index < -0.39 is 4.92 Å². The molecule has 32 heavy (non-hydrogen) atoms. The number of aliphatic imine (C=N–C) groups is 1. The minimum atomic E-state index is -0.548. The summed E-state index contributed by atoms with van der Waals surface area (Å²) in [5, 5.41) is 11.5. The predicted octanol–water partition coefficient (Wildman–Crippen LogP) is 3.84. The van der Waals surface area contributed by atoms with E-state index >= 15 is 0 Å². The molecule has 1 aliphatic rings. The summed E-state index contributed by atoms with van der Waals surface area (Å²) in [7, 11) is 3.66. The van der Waals surface area contributed by atoms with Crippen LogP contribution in [-0.2, 0) is 9.53 Å². The maximum atomic E-state index is 11.0. The normalized spacial score (nSPS) is 16.8. The highest BCUT2D eigenvalue weighted by Crippen LogP contribution is 2.36. The van der Waals surface area contributed by atoms with E-state index in [2.05, 4.69) is 21.7 Å². The third-order valence-electron chi connectivity index (χ3n) is 4.83. The largest absolute Gasteiger partial charge is 0.497 e. The zero-order valence-electron chi connectivity index (χ0n) is 19.3. The molecule has 1 aromatic carbocycles. The van der Waals surface area contributed by atoms with Gasteiger partial charge in [-0.2, -0.15) is 0 Å². The second-order valence-corrected chi connectivity index (χ2v) is 8.90. The number of methoxy groups -OCH3 is 1. The van der Waals surface area contributed by atoms with E-state index in [9.17, 15) is 14.9 Å². The molecule has 0 aliphatic carbocycles. The molecule has 2 N–H and O–H groups in total. The van der Waals surface area contributed by atoms with Gasteiger partial charge in [0.2, 0.25) is 0 Å². The van der Waals surface area contributed by atoms with Gasteiger partial charge in [0.15, 0.2) is 0 Å². The van der Waals surface area contributed by atoms with Crippen molar-refractivity contribution in [3.63, 3.8) is 0 Å². The molecule has 0 aromatic heterocycles. The molecule has 1 saturated heterocycles. The maximum absolute atomic E-state index is 11.0. The first kappa shape index (κ1) is 27.4. The third kappa shape index (κ3) is 9.65. The summed E-state index contributed by atoms with van der Waals surface area (Å²) < 4.78 is 9.84. The molecule has 9 nitrogen and oxygen atoms in total. The van der Waals surface area contributed by atoms with Gasteiger partial charge in [0.25, 0.3) is 6.47 Å². The van der Waals surface area contributed by atoms with Crippen LogP contribution in [0.15, 0.2) is 35.1 Å². The van der Waals surface area contributed by atoms with Crippen molar-refractivity contribution in [2.24, 2.45) is 16.6 Å². The first-order valence-corrected chi connectivity index (χ1v) is 10.6. The molecule has 1 heterocycles. The number of benzene rings is 1. The van der Waals surface area contributed by atoms with Crippen molar-refractivity contribution in [2.75, 3.05) is 27.2 Å². The highest BCUT2D eigenvalue weighted by atomic mass is 35.5. The number of carbonyl (C=O) groups excluding carboxylic acids is 1. The molecule has 0 saturated carbocycles. The fourth-order valence-electron chi connectivity index (χ4n) is 3.15. The highest BCUT2D eigenvalue weighted by Gasteiger charge is 2.27. The molecule has 1 fully saturated rings. The van der Waals surface area contributed by atoms with Crippen molar-refractivity contribution in [1.82, 2.24) is 4.90 Å². The quantitative estimate of drug-likeness (QED) is 0.279. The molecule has 1 unspecified atom stereocenters. The molecule has 178 valence electrons. The van der Waals surface area contributed by atoms with Gasteiger partial charge >= 0.3 is 5.70 Å². The molecule has 0 bridgehead atoms. The molecule has 0 radical (unpaired) electrons. The van der Waals surface area contributed by atoms with Crippen molar-refractivity contribution in [2.45, 2.75) is 45.3 Å². The molecule has 1 aliphatic heterocycles. The van der Waals surface area contributed by atoms with Gasteiger partial charge in [0, 0.05) is 5.02 Å². The van der Waals surface area contributed by atoms with E-state index in [1.165, 1.54) is 6.21 Å². The Morgan fingerprint density at radius 2 is 1.97 bits per heavy atom. The Bertz CT molecular complexity index is 815. The van der Waals surface area contributed by atoms with Gasteiger partial charge in [0.1, 0.15) is 17.6 Å². The number of hydrogen-bond donors (Lipinski definition) is 1. The lowest BCUT2D eigenvalue weighted by molar-refractivity contribution is -0.414. The van der Waals surface area contributed by atoms with Crippen LogP contribution in [0.4, 0.5) is 0 Å². The number of piperidine rings is 1. The van der Waals surface area contributed by atoms with Crippen molar-refractivity contribution < 1.29 is 19.2 Å². The highest BCUT2D eigenvalue weighted by molar-refractivity contribution is 6.30. The van der Waals surface area contributed by atoms with Crippen LogP contribution in [0.5, 0.6) is 5.75 Å². The zero-order valence-corrected chi connectivity index (χ0v) is 20.0. The second kappa shape index (κ2) is 13.0. The Kier molecular flexibility index (Phi) is 11.1. The van der Waals surface area contributed by atoms with E-state index in [0.717, 1.165) is 37.7 Å². The third-order valence-corrected chi connectivity index (χ3v) is 5.05. The molecule has 0 spiro atoms. The van der Waals surface area contributed by atoms with Crippen molar-refractivity contribution >= 4 is 24.3 Å². The lowest BCUT2D eigenvalue weighted by Crippen LogP contribution is -2.32. The van der Waals surface area contributed by atoms with Crippen LogP contribution in [0.25, 0.3) is 0 Å². The van der Waals surface area contributed by atoms with E-state index in [-0.39, 0.29) is 23.3 Å². The minimum absolute atomic E-state index is 0.230. The van der Waals surface area contributed by atoms with Crippen LogP contribution in [0.1, 0.15) is 45.2 Å². The maximum Gasteiger partial charge on any atom is 0.302 e. The van der Waals surface area contributed by atoms with Crippen LogP contribution >= 0.6 is 11.6 Å². The summed E-state index contributed by atoms with van der Waals surface area (Å²) in [5.74, 6) is 0.904. The molecule has 0 amide bonds. The summed E-state index contributed by atoms with van der Waals surface area (Å²) in [4.78, 5) is 26.8. The number of allylic oxidation sites excluding steroid dienone is 1. The lowest BCUT2D eigenvalue weighted by Gasteiger charge is -2.32. The van der Waals surface area contributed by atoms with Crippen LogP contribution in [0.3, 0.4) is 0 Å². The van der Waals surface area contributed by atoms with Gasteiger partial charge in [-0.15, -0.1) is 0 Å². The van der Waals surface area contributed by atoms with Crippen LogP contribution in [0.2, 0.25) is 5.02 Å². The minimum Gasteiger partial charge on any atom is -0.497 e. The molecular weight excluding hydrogens is 436 g/mol. The molecule has 1 aromatic rings. The average Bonchev–Trinajstić information content (AvgIpc) is 2.71. The number of hydrogen-bond acceptors (Lipinski definition) is 8. The number of rotatable bonds is 7. The number of nitrogens with two attached hydrogens (primary N) is 1. The first-order valence-electron chi connectivity index (χ1n) is 10.2. The molecule has 2 rings (SSSR count). The van der Waals surface area contributed by atoms with Crippen LogP contribution in [0, 0.1) is 16.0 Å². The standard InChI is InChI=1S/C17H23ClN4O3.C5H10O2/c1-21-5-3-12(4-6-21)17(20-11-15(10-19)22(23)24)13-7-14(18)9-16(8-13)25-2;1-5(2,3)7-4-6/h7-12,17H,3-6,19H2,1-2H3;4H,1-3H3/b15-10+,20-11?;. The predicted molar refractivity (Wildman–Crippen MR) is 126 cm³/mol. The van der Waals surface area contributed by atoms with Crippen molar-refractivity contribution in [3.8, 4) is 5.75 Å². The van der Waals surface area contributed by atoms with Crippen molar-refractivity contribution in [1.29, 1.82) is 0 Å². The topological polar surface area (TPSA) is 120 Å². The fourth-order valence-corrected chi connectivity index (χ4v) is 3.38. The van der Waals surface area contributed by atoms with Gasteiger partial charge < -0.3 is 20.1 Å². The van der Waals surface area contributed by atoms with Gasteiger partial charge in [0.05, 0.1) is 24.3 Å². The van der Waals surface area contributed by atoms with Gasteiger partial charge in [-0.25, -0.2) is 0 Å². The lowest BCUT2D eigenvalue weighted by atomic mass is 9.85. The Labute approximate surface area is 194 Å². The number of nitro groups is 1. The molecule has 10 heteroatoms. The monoisotopic (exact) mass is 468 g/mol. The Balaban J connectivity index is 0.000000633. The Morgan fingerprint density at radius 1 is 1.34 bits per heavy atom. The number of likely N-dealkylation sites (tertiary alicyclic amines) is 1. The van der Waals surface area contributed by atoms with Crippen molar-refractivity contribution in [3.05, 3.63) is 50.8 Å². The Hall–Kier alpha value is -2.65. The molecule has 1 atom stereocenters. The van der Waals surface area contributed by atoms with Gasteiger partial charge in [-0.1, -0.05) is 11.6 Å². The second-order valence-electron chi connectivity index (χ2n) is 8.46. The average molecular weight is 469 g/mol. The summed E-state index contributed by atoms with van der Waals surface area (Å²) in [5.41, 5.74) is 5.66. The van der Waals surface area contributed by atoms with E-state index in [0.29, 0.717) is 17.2 Å². The summed E-state index contributed by atoms with van der Waals surface area (Å²) in [6, 6.07) is 5.20. The van der Waals surface area contributed by atoms with E-state index in [1.54, 1.807) is 13.2 Å². The summed E-state index contributed by atoms with van der Waals surface area (Å²) in [6.07, 6.45) is 4.09. The van der Waals surface area contributed by atoms with Crippen LogP contribution in [-0.4, -0.2) is 55.4 Å². The summed E-state index contributed by atoms with van der Waals surface area (Å²) >= 11 is 6.20. The number of carbonyl (C=O) groups is 1. The van der Waals surface area contributed by atoms with Gasteiger partial charge in [-0.3, -0.25) is 19.9 Å². The summed E-state index contributed by atoms with van der Waals surface area (Å²) in [6.45, 7) is 7.84. The SMILES string of the molecule is CC(C)(C)OC=O.COc1cc(Cl)cc(C(N=C/C(=C\N)[N+](=O)[O-])C2CCN(C)CC2)c1. The van der Waals surface area contributed by atoms with E-state index in [1.807, 2.05) is 32.9 Å². The zero-order chi connectivity index (χ0) is 24.3. The fraction of sp³-hybridized carbons (Fsp3) is 0.545. The number of halogens is 1. The molecular formula is C22H33ClN4O5. The number of nitrogens with zero attached hydrogens (tertiary/aromatic N) is 3. The van der Waals surface area contributed by atoms with Crippen LogP contribution < -0.4 is 10.5 Å².